The minimum absolute atomic E-state index is 0.141. The number of hydrogen-bond donors (Lipinski definition) is 2. The minimum atomic E-state index is -5.70. The number of esters is 1. The standard InChI is InChI=1S/C12H12F2O6S/c1-8(12(13,14)21(17,18)19)20-11(16)7-6-9-4-2-3-5-10(9)15/h2-8,15H,1H3,(H,17,18,19)/b7-6+. The molecule has 0 aliphatic heterocycles. The van der Waals surface area contributed by atoms with Crippen molar-refractivity contribution in [1.82, 2.24) is 0 Å². The number of hydrogen-bond acceptors (Lipinski definition) is 5. The number of aromatic hydroxyl groups is 1. The predicted molar refractivity (Wildman–Crippen MR) is 69.2 cm³/mol. The zero-order valence-electron chi connectivity index (χ0n) is 10.7. The zero-order chi connectivity index (χ0) is 16.3. The monoisotopic (exact) mass is 322 g/mol. The molecule has 0 bridgehead atoms. The summed E-state index contributed by atoms with van der Waals surface area (Å²) in [7, 11) is -5.70. The first-order valence-corrected chi connectivity index (χ1v) is 7.01. The SMILES string of the molecule is CC(OC(=O)/C=C/c1ccccc1O)C(F)(F)S(=O)(=O)O. The van der Waals surface area contributed by atoms with Crippen molar-refractivity contribution in [2.75, 3.05) is 0 Å². The Morgan fingerprint density at radius 3 is 2.48 bits per heavy atom. The average Bonchev–Trinajstić information content (AvgIpc) is 2.36. The Kier molecular flexibility index (Phi) is 5.02. The van der Waals surface area contributed by atoms with E-state index >= 15 is 0 Å². The van der Waals surface area contributed by atoms with Crippen molar-refractivity contribution in [2.45, 2.75) is 18.3 Å². The molecule has 0 radical (unpaired) electrons. The second kappa shape index (κ2) is 6.19. The van der Waals surface area contributed by atoms with Gasteiger partial charge in [0.15, 0.2) is 6.10 Å². The molecule has 1 atom stereocenters. The highest BCUT2D eigenvalue weighted by Crippen LogP contribution is 2.27. The molecule has 1 aromatic rings. The van der Waals surface area contributed by atoms with Crippen LogP contribution in [0.5, 0.6) is 5.75 Å². The lowest BCUT2D eigenvalue weighted by Crippen LogP contribution is -2.41. The maximum atomic E-state index is 13.1. The molecule has 9 heteroatoms. The van der Waals surface area contributed by atoms with Gasteiger partial charge in [0.2, 0.25) is 0 Å². The summed E-state index contributed by atoms with van der Waals surface area (Å²) in [5, 5.41) is 4.79. The zero-order valence-corrected chi connectivity index (χ0v) is 11.5. The van der Waals surface area contributed by atoms with E-state index in [-0.39, 0.29) is 11.3 Å². The van der Waals surface area contributed by atoms with Crippen LogP contribution in [0, 0.1) is 0 Å². The highest BCUT2D eigenvalue weighted by Gasteiger charge is 2.51. The summed E-state index contributed by atoms with van der Waals surface area (Å²) >= 11 is 0. The van der Waals surface area contributed by atoms with Gasteiger partial charge < -0.3 is 9.84 Å². The fraction of sp³-hybridized carbons (Fsp3) is 0.250. The molecule has 116 valence electrons. The summed E-state index contributed by atoms with van der Waals surface area (Å²) in [6.45, 7) is 0.625. The van der Waals surface area contributed by atoms with Crippen LogP contribution < -0.4 is 0 Å². The van der Waals surface area contributed by atoms with Gasteiger partial charge in [0.25, 0.3) is 0 Å². The Hall–Kier alpha value is -2.00. The number of rotatable bonds is 5. The van der Waals surface area contributed by atoms with Crippen LogP contribution in [0.25, 0.3) is 6.08 Å². The summed E-state index contributed by atoms with van der Waals surface area (Å²) in [5.41, 5.74) is 0.239. The molecule has 0 heterocycles. The van der Waals surface area contributed by atoms with Gasteiger partial charge in [-0.3, -0.25) is 4.55 Å². The molecule has 0 aromatic heterocycles. The molecule has 2 N–H and O–H groups in total. The normalized spacial score (nSPS) is 14.1. The number of carbonyl (C=O) groups is 1. The van der Waals surface area contributed by atoms with E-state index < -0.39 is 27.4 Å². The fourth-order valence-electron chi connectivity index (χ4n) is 1.28. The minimum Gasteiger partial charge on any atom is -0.507 e. The number of halogens is 2. The van der Waals surface area contributed by atoms with Crippen molar-refractivity contribution in [1.29, 1.82) is 0 Å². The number of ether oxygens (including phenoxy) is 1. The van der Waals surface area contributed by atoms with Crippen LogP contribution in [0.2, 0.25) is 0 Å². The van der Waals surface area contributed by atoms with E-state index in [4.69, 9.17) is 4.55 Å². The molecule has 1 aromatic carbocycles. The Morgan fingerprint density at radius 2 is 1.95 bits per heavy atom. The summed E-state index contributed by atoms with van der Waals surface area (Å²) < 4.78 is 59.8. The average molecular weight is 322 g/mol. The van der Waals surface area contributed by atoms with Gasteiger partial charge in [0, 0.05) is 11.6 Å². The van der Waals surface area contributed by atoms with Gasteiger partial charge in [0.05, 0.1) is 0 Å². The van der Waals surface area contributed by atoms with Crippen LogP contribution in [0.3, 0.4) is 0 Å². The third-order valence-corrected chi connectivity index (χ3v) is 3.47. The molecule has 1 unspecified atom stereocenters. The van der Waals surface area contributed by atoms with E-state index in [1.54, 1.807) is 12.1 Å². The highest BCUT2D eigenvalue weighted by molar-refractivity contribution is 7.86. The van der Waals surface area contributed by atoms with Crippen molar-refractivity contribution >= 4 is 22.2 Å². The van der Waals surface area contributed by atoms with Gasteiger partial charge in [-0.1, -0.05) is 18.2 Å². The van der Waals surface area contributed by atoms with Crippen LogP contribution >= 0.6 is 0 Å². The number of carbonyl (C=O) groups excluding carboxylic acids is 1. The van der Waals surface area contributed by atoms with Crippen molar-refractivity contribution in [3.05, 3.63) is 35.9 Å². The molecule has 0 fully saturated rings. The maximum absolute atomic E-state index is 13.1. The molecule has 0 aliphatic rings. The summed E-state index contributed by atoms with van der Waals surface area (Å²) in [5.74, 6) is -1.40. The third-order valence-electron chi connectivity index (χ3n) is 2.45. The second-order valence-corrected chi connectivity index (χ2v) is 5.50. The highest BCUT2D eigenvalue weighted by atomic mass is 32.2. The Balaban J connectivity index is 2.77. The van der Waals surface area contributed by atoms with E-state index in [2.05, 4.69) is 4.74 Å². The number of phenols is 1. The first kappa shape index (κ1) is 17.1. The summed E-state index contributed by atoms with van der Waals surface area (Å²) in [4.78, 5) is 11.3. The molecular weight excluding hydrogens is 310 g/mol. The van der Waals surface area contributed by atoms with Crippen molar-refractivity contribution in [3.63, 3.8) is 0 Å². The molecule has 1 rings (SSSR count). The van der Waals surface area contributed by atoms with Crippen molar-refractivity contribution < 1.29 is 36.4 Å². The van der Waals surface area contributed by atoms with E-state index in [1.807, 2.05) is 0 Å². The van der Waals surface area contributed by atoms with Crippen LogP contribution in [0.1, 0.15) is 12.5 Å². The molecule has 0 amide bonds. The van der Waals surface area contributed by atoms with Crippen LogP contribution in [-0.4, -0.2) is 35.4 Å². The fourth-order valence-corrected chi connectivity index (χ4v) is 1.75. The van der Waals surface area contributed by atoms with E-state index in [0.717, 1.165) is 12.2 Å². The lowest BCUT2D eigenvalue weighted by atomic mass is 10.2. The van der Waals surface area contributed by atoms with Gasteiger partial charge in [-0.15, -0.1) is 0 Å². The van der Waals surface area contributed by atoms with Gasteiger partial charge >= 0.3 is 21.3 Å². The van der Waals surface area contributed by atoms with E-state index in [9.17, 15) is 27.1 Å². The van der Waals surface area contributed by atoms with Gasteiger partial charge in [-0.2, -0.15) is 17.2 Å². The summed E-state index contributed by atoms with van der Waals surface area (Å²) in [6.07, 6.45) is -0.532. The summed E-state index contributed by atoms with van der Waals surface area (Å²) in [6, 6.07) is 5.91. The Labute approximate surface area is 119 Å². The van der Waals surface area contributed by atoms with Crippen LogP contribution in [-0.2, 0) is 19.6 Å². The second-order valence-electron chi connectivity index (χ2n) is 4.01. The smallest absolute Gasteiger partial charge is 0.405 e. The largest absolute Gasteiger partial charge is 0.507 e. The predicted octanol–water partition coefficient (Wildman–Crippen LogP) is 1.82. The topological polar surface area (TPSA) is 101 Å². The van der Waals surface area contributed by atoms with E-state index in [0.29, 0.717) is 6.92 Å². The first-order chi connectivity index (χ1) is 9.55. The molecule has 21 heavy (non-hydrogen) atoms. The van der Waals surface area contributed by atoms with Crippen molar-refractivity contribution in [2.24, 2.45) is 0 Å². The molecule has 0 saturated heterocycles. The maximum Gasteiger partial charge on any atom is 0.405 e. The van der Waals surface area contributed by atoms with Gasteiger partial charge in [0.1, 0.15) is 5.75 Å². The first-order valence-electron chi connectivity index (χ1n) is 5.57. The Bertz CT molecular complexity index is 653. The molecular formula is C12H12F2O6S. The molecule has 0 aliphatic carbocycles. The lowest BCUT2D eigenvalue weighted by Gasteiger charge is -2.19. The molecule has 6 nitrogen and oxygen atoms in total. The lowest BCUT2D eigenvalue weighted by molar-refractivity contribution is -0.153. The number of alkyl halides is 2. The van der Waals surface area contributed by atoms with Crippen LogP contribution in [0.15, 0.2) is 30.3 Å². The number of phenolic OH excluding ortho intramolecular Hbond substituents is 1. The van der Waals surface area contributed by atoms with E-state index in [1.165, 1.54) is 12.1 Å². The molecule has 0 spiro atoms. The third kappa shape index (κ3) is 4.23. The van der Waals surface area contributed by atoms with Gasteiger partial charge in [-0.25, -0.2) is 4.79 Å². The quantitative estimate of drug-likeness (QED) is 0.487. The molecule has 0 saturated carbocycles. The van der Waals surface area contributed by atoms with Gasteiger partial charge in [-0.05, 0) is 19.1 Å². The Morgan fingerprint density at radius 1 is 1.38 bits per heavy atom. The number of para-hydroxylation sites is 1. The number of benzene rings is 1. The van der Waals surface area contributed by atoms with Crippen LogP contribution in [0.4, 0.5) is 8.78 Å². The van der Waals surface area contributed by atoms with Crippen molar-refractivity contribution in [3.8, 4) is 5.75 Å².